The number of methoxy groups -OCH3 is 3. The van der Waals surface area contributed by atoms with E-state index >= 15 is 0 Å². The zero-order valence-corrected chi connectivity index (χ0v) is 11.2. The summed E-state index contributed by atoms with van der Waals surface area (Å²) in [5, 5.41) is 0.916. The maximum atomic E-state index is 5.73. The minimum absolute atomic E-state index is 0.423. The summed E-state index contributed by atoms with van der Waals surface area (Å²) in [6, 6.07) is 0. The lowest BCUT2D eigenvalue weighted by Crippen LogP contribution is -2.30. The lowest BCUT2D eigenvalue weighted by atomic mass is 10.4. The fourth-order valence-corrected chi connectivity index (χ4v) is 2.23. The van der Waals surface area contributed by atoms with Crippen LogP contribution in [0.2, 0.25) is 0 Å². The van der Waals surface area contributed by atoms with Gasteiger partial charge in [-0.05, 0) is 11.5 Å². The van der Waals surface area contributed by atoms with Gasteiger partial charge in [-0.25, -0.2) is 0 Å². The minimum Gasteiger partial charge on any atom is -0.490 e. The summed E-state index contributed by atoms with van der Waals surface area (Å²) in [4.78, 5) is 2.10. The van der Waals surface area contributed by atoms with Crippen molar-refractivity contribution in [1.82, 2.24) is 4.37 Å². The number of nitrogens with zero attached hydrogens (tertiary/aromatic N) is 2. The van der Waals surface area contributed by atoms with Crippen molar-refractivity contribution >= 4 is 22.4 Å². The summed E-state index contributed by atoms with van der Waals surface area (Å²) < 4.78 is 19.5. The van der Waals surface area contributed by atoms with Gasteiger partial charge in [0, 0.05) is 27.3 Å². The van der Waals surface area contributed by atoms with Gasteiger partial charge in [-0.2, -0.15) is 4.37 Å². The molecule has 1 aromatic rings. The van der Waals surface area contributed by atoms with E-state index in [9.17, 15) is 0 Å². The van der Waals surface area contributed by atoms with Crippen molar-refractivity contribution in [3.63, 3.8) is 0 Å². The van der Waals surface area contributed by atoms with Crippen LogP contribution in [0, 0.1) is 0 Å². The molecule has 0 saturated heterocycles. The zero-order valence-electron chi connectivity index (χ0n) is 10.4. The van der Waals surface area contributed by atoms with Gasteiger partial charge >= 0.3 is 0 Å². The lowest BCUT2D eigenvalue weighted by molar-refractivity contribution is 0.190. The van der Waals surface area contributed by atoms with Crippen molar-refractivity contribution in [2.24, 2.45) is 0 Å². The molecular formula is C10H19N3O3S. The smallest absolute Gasteiger partial charge is 0.197 e. The molecule has 0 aliphatic rings. The van der Waals surface area contributed by atoms with Gasteiger partial charge in [0.15, 0.2) is 16.6 Å². The Kier molecular flexibility index (Phi) is 6.03. The Morgan fingerprint density at radius 2 is 1.76 bits per heavy atom. The van der Waals surface area contributed by atoms with Crippen LogP contribution in [0.5, 0.6) is 5.75 Å². The molecule has 0 bridgehead atoms. The van der Waals surface area contributed by atoms with Crippen LogP contribution in [0.1, 0.15) is 0 Å². The molecule has 6 nitrogen and oxygen atoms in total. The van der Waals surface area contributed by atoms with Gasteiger partial charge in [0.05, 0.1) is 20.3 Å². The molecule has 0 aromatic carbocycles. The average Bonchev–Trinajstić information content (AvgIpc) is 2.70. The molecule has 0 saturated carbocycles. The number of hydrogen-bond donors (Lipinski definition) is 1. The predicted octanol–water partition coefficient (Wildman–Crippen LogP) is 0.833. The number of aromatic nitrogens is 1. The normalized spacial score (nSPS) is 10.5. The van der Waals surface area contributed by atoms with E-state index in [2.05, 4.69) is 9.27 Å². The van der Waals surface area contributed by atoms with E-state index in [-0.39, 0.29) is 0 Å². The third-order valence-electron chi connectivity index (χ3n) is 2.28. The first-order valence-corrected chi connectivity index (χ1v) is 6.03. The van der Waals surface area contributed by atoms with Crippen molar-refractivity contribution in [3.05, 3.63) is 0 Å². The topological polar surface area (TPSA) is 69.8 Å². The first-order chi connectivity index (χ1) is 8.24. The van der Waals surface area contributed by atoms with Crippen LogP contribution in [-0.2, 0) is 9.47 Å². The fourth-order valence-electron chi connectivity index (χ4n) is 1.40. The molecule has 0 atom stereocenters. The zero-order chi connectivity index (χ0) is 12.7. The summed E-state index contributed by atoms with van der Waals surface area (Å²) in [7, 11) is 4.94. The summed E-state index contributed by atoms with van der Waals surface area (Å²) in [6.45, 7) is 2.76. The molecule has 2 N–H and O–H groups in total. The second-order valence-electron chi connectivity index (χ2n) is 3.38. The summed E-state index contributed by atoms with van der Waals surface area (Å²) in [5.41, 5.74) is 5.73. The Labute approximate surface area is 105 Å². The Balaban J connectivity index is 2.78. The number of hydrogen-bond acceptors (Lipinski definition) is 7. The van der Waals surface area contributed by atoms with Crippen molar-refractivity contribution in [1.29, 1.82) is 0 Å². The SMILES string of the molecule is COCCN(CCOC)c1snc(N)c1OC. The second kappa shape index (κ2) is 7.31. The number of ether oxygens (including phenoxy) is 3. The first kappa shape index (κ1) is 14.0. The van der Waals surface area contributed by atoms with Crippen LogP contribution in [0.15, 0.2) is 0 Å². The average molecular weight is 261 g/mol. The Morgan fingerprint density at radius 3 is 2.24 bits per heavy atom. The molecule has 0 aliphatic heterocycles. The molecular weight excluding hydrogens is 242 g/mol. The highest BCUT2D eigenvalue weighted by atomic mass is 32.1. The van der Waals surface area contributed by atoms with E-state index in [0.29, 0.717) is 24.8 Å². The van der Waals surface area contributed by atoms with Gasteiger partial charge in [0.1, 0.15) is 0 Å². The van der Waals surface area contributed by atoms with E-state index in [1.807, 2.05) is 0 Å². The highest BCUT2D eigenvalue weighted by molar-refractivity contribution is 7.11. The van der Waals surface area contributed by atoms with Crippen molar-refractivity contribution in [3.8, 4) is 5.75 Å². The molecule has 0 amide bonds. The number of nitrogens with two attached hydrogens (primary N) is 1. The van der Waals surface area contributed by atoms with Crippen LogP contribution in [0.25, 0.3) is 0 Å². The molecule has 1 aromatic heterocycles. The van der Waals surface area contributed by atoms with Gasteiger partial charge in [-0.15, -0.1) is 0 Å². The van der Waals surface area contributed by atoms with Crippen LogP contribution in [-0.4, -0.2) is 52.0 Å². The first-order valence-electron chi connectivity index (χ1n) is 5.26. The third-order valence-corrected chi connectivity index (χ3v) is 3.18. The fraction of sp³-hybridized carbons (Fsp3) is 0.700. The molecule has 1 heterocycles. The summed E-state index contributed by atoms with van der Waals surface area (Å²) >= 11 is 1.32. The van der Waals surface area contributed by atoms with Gasteiger partial charge in [0.25, 0.3) is 0 Å². The number of nitrogen functional groups attached to an aromatic ring is 1. The van der Waals surface area contributed by atoms with Gasteiger partial charge in [-0.3, -0.25) is 0 Å². The maximum Gasteiger partial charge on any atom is 0.197 e. The van der Waals surface area contributed by atoms with Crippen molar-refractivity contribution in [2.75, 3.05) is 58.3 Å². The Bertz CT molecular complexity index is 325. The number of anilines is 2. The molecule has 17 heavy (non-hydrogen) atoms. The summed E-state index contributed by atoms with van der Waals surface area (Å²) in [5.74, 6) is 1.05. The molecule has 0 spiro atoms. The monoisotopic (exact) mass is 261 g/mol. The van der Waals surface area contributed by atoms with E-state index in [4.69, 9.17) is 19.9 Å². The third kappa shape index (κ3) is 3.72. The highest BCUT2D eigenvalue weighted by Gasteiger charge is 2.18. The predicted molar refractivity (Wildman–Crippen MR) is 69.0 cm³/mol. The van der Waals surface area contributed by atoms with E-state index in [0.717, 1.165) is 18.1 Å². The Morgan fingerprint density at radius 1 is 1.18 bits per heavy atom. The van der Waals surface area contributed by atoms with Gasteiger partial charge in [-0.1, -0.05) is 0 Å². The molecule has 0 aliphatic carbocycles. The van der Waals surface area contributed by atoms with E-state index in [1.54, 1.807) is 21.3 Å². The van der Waals surface area contributed by atoms with E-state index in [1.165, 1.54) is 11.5 Å². The highest BCUT2D eigenvalue weighted by Crippen LogP contribution is 2.37. The quantitative estimate of drug-likeness (QED) is 0.747. The molecule has 0 radical (unpaired) electrons. The molecule has 1 rings (SSSR count). The van der Waals surface area contributed by atoms with Gasteiger partial charge < -0.3 is 24.8 Å². The largest absolute Gasteiger partial charge is 0.490 e. The van der Waals surface area contributed by atoms with Gasteiger partial charge in [0.2, 0.25) is 0 Å². The maximum absolute atomic E-state index is 5.73. The van der Waals surface area contributed by atoms with Crippen molar-refractivity contribution in [2.45, 2.75) is 0 Å². The van der Waals surface area contributed by atoms with Crippen LogP contribution < -0.4 is 15.4 Å². The van der Waals surface area contributed by atoms with Crippen LogP contribution in [0.3, 0.4) is 0 Å². The van der Waals surface area contributed by atoms with Crippen LogP contribution in [0.4, 0.5) is 10.8 Å². The molecule has 98 valence electrons. The second-order valence-corrected chi connectivity index (χ2v) is 4.13. The minimum atomic E-state index is 0.423. The molecule has 7 heteroatoms. The Hall–Kier alpha value is -1.05. The van der Waals surface area contributed by atoms with Crippen LogP contribution >= 0.6 is 11.5 Å². The standard InChI is InChI=1S/C10H19N3O3S/c1-14-6-4-13(5-7-15-2)10-8(16-3)9(11)12-17-10/h4-7H2,1-3H3,(H2,11,12). The molecule has 0 fully saturated rings. The molecule has 0 unspecified atom stereocenters. The van der Waals surface area contributed by atoms with Crippen molar-refractivity contribution < 1.29 is 14.2 Å². The number of rotatable bonds is 8. The summed E-state index contributed by atoms with van der Waals surface area (Å²) in [6.07, 6.45) is 0. The lowest BCUT2D eigenvalue weighted by Gasteiger charge is -2.22. The van der Waals surface area contributed by atoms with E-state index < -0.39 is 0 Å².